The SMILES string of the molecule is C[C@@H](Nc1nc(N2CC([C@H]3CCCNC3)C2)nc2cn(C)nc12)c1ccc(Cl)cc1Cl. The lowest BCUT2D eigenvalue weighted by molar-refractivity contribution is 0.222. The number of fused-ring (bicyclic) bond motifs is 1. The van der Waals surface area contributed by atoms with E-state index in [4.69, 9.17) is 33.2 Å². The molecule has 164 valence electrons. The van der Waals surface area contributed by atoms with Crippen molar-refractivity contribution in [1.29, 1.82) is 0 Å². The zero-order valence-corrected chi connectivity index (χ0v) is 19.3. The van der Waals surface area contributed by atoms with Gasteiger partial charge < -0.3 is 15.5 Å². The molecule has 0 aliphatic carbocycles. The Bertz CT molecular complexity index is 1090. The molecule has 9 heteroatoms. The number of nitrogens with zero attached hydrogens (tertiary/aromatic N) is 5. The van der Waals surface area contributed by atoms with E-state index in [9.17, 15) is 0 Å². The van der Waals surface area contributed by atoms with E-state index in [1.165, 1.54) is 12.8 Å². The minimum atomic E-state index is -0.0600. The molecule has 2 fully saturated rings. The highest BCUT2D eigenvalue weighted by Crippen LogP contribution is 2.34. The van der Waals surface area contributed by atoms with E-state index >= 15 is 0 Å². The first kappa shape index (κ1) is 20.8. The first-order chi connectivity index (χ1) is 15.0. The van der Waals surface area contributed by atoms with Crippen molar-refractivity contribution in [2.75, 3.05) is 36.4 Å². The summed E-state index contributed by atoms with van der Waals surface area (Å²) in [5.74, 6) is 2.96. The summed E-state index contributed by atoms with van der Waals surface area (Å²) in [7, 11) is 1.90. The Kier molecular flexibility index (Phi) is 5.67. The summed E-state index contributed by atoms with van der Waals surface area (Å²) in [5.41, 5.74) is 2.56. The second-order valence-electron chi connectivity index (χ2n) is 8.71. The Morgan fingerprint density at radius 3 is 2.77 bits per heavy atom. The van der Waals surface area contributed by atoms with Crippen LogP contribution < -0.4 is 15.5 Å². The average molecular weight is 460 g/mol. The smallest absolute Gasteiger partial charge is 0.228 e. The normalized spacial score (nSPS) is 20.6. The maximum atomic E-state index is 6.43. The molecule has 0 bridgehead atoms. The van der Waals surface area contributed by atoms with E-state index in [2.05, 4.69) is 27.6 Å². The van der Waals surface area contributed by atoms with Gasteiger partial charge in [0.1, 0.15) is 5.52 Å². The van der Waals surface area contributed by atoms with E-state index in [0.29, 0.717) is 16.0 Å². The van der Waals surface area contributed by atoms with Crippen LogP contribution in [-0.2, 0) is 7.05 Å². The van der Waals surface area contributed by atoms with Gasteiger partial charge in [-0.2, -0.15) is 10.1 Å². The Hall–Kier alpha value is -2.09. The fourth-order valence-corrected chi connectivity index (χ4v) is 5.22. The van der Waals surface area contributed by atoms with Crippen LogP contribution >= 0.6 is 23.2 Å². The number of nitrogens with one attached hydrogen (secondary N) is 2. The van der Waals surface area contributed by atoms with Gasteiger partial charge in [-0.25, -0.2) is 4.98 Å². The molecule has 31 heavy (non-hydrogen) atoms. The van der Waals surface area contributed by atoms with Crippen molar-refractivity contribution in [2.24, 2.45) is 18.9 Å². The molecule has 0 saturated carbocycles. The third-order valence-electron chi connectivity index (χ3n) is 6.44. The summed E-state index contributed by atoms with van der Waals surface area (Å²) in [6.45, 7) is 6.36. The average Bonchev–Trinajstić information content (AvgIpc) is 3.08. The quantitative estimate of drug-likeness (QED) is 0.593. The minimum absolute atomic E-state index is 0.0600. The maximum absolute atomic E-state index is 6.43. The van der Waals surface area contributed by atoms with Gasteiger partial charge in [0.15, 0.2) is 11.3 Å². The highest BCUT2D eigenvalue weighted by molar-refractivity contribution is 6.35. The van der Waals surface area contributed by atoms with Crippen molar-refractivity contribution in [1.82, 2.24) is 25.1 Å². The van der Waals surface area contributed by atoms with E-state index in [1.807, 2.05) is 25.4 Å². The predicted octanol–water partition coefficient (Wildman–Crippen LogP) is 4.28. The first-order valence-corrected chi connectivity index (χ1v) is 11.6. The molecule has 5 rings (SSSR count). The lowest BCUT2D eigenvalue weighted by atomic mass is 9.81. The molecule has 2 atom stereocenters. The summed E-state index contributed by atoms with van der Waals surface area (Å²) < 4.78 is 1.78. The number of benzene rings is 1. The Morgan fingerprint density at radius 1 is 1.19 bits per heavy atom. The van der Waals surface area contributed by atoms with Crippen LogP contribution in [0.25, 0.3) is 11.0 Å². The molecule has 0 amide bonds. The van der Waals surface area contributed by atoms with Gasteiger partial charge in [0.25, 0.3) is 0 Å². The van der Waals surface area contributed by atoms with Crippen LogP contribution in [0.3, 0.4) is 0 Å². The second-order valence-corrected chi connectivity index (χ2v) is 9.56. The van der Waals surface area contributed by atoms with Crippen molar-refractivity contribution in [3.05, 3.63) is 40.0 Å². The van der Waals surface area contributed by atoms with Gasteiger partial charge in [0.2, 0.25) is 5.95 Å². The number of hydrogen-bond donors (Lipinski definition) is 2. The summed E-state index contributed by atoms with van der Waals surface area (Å²) >= 11 is 12.5. The summed E-state index contributed by atoms with van der Waals surface area (Å²) in [5, 5.41) is 12.9. The third-order valence-corrected chi connectivity index (χ3v) is 7.00. The Balaban J connectivity index is 1.39. The van der Waals surface area contributed by atoms with Crippen molar-refractivity contribution in [2.45, 2.75) is 25.8 Å². The molecule has 0 spiro atoms. The molecule has 2 N–H and O–H groups in total. The Morgan fingerprint density at radius 2 is 2.03 bits per heavy atom. The molecule has 2 aliphatic rings. The van der Waals surface area contributed by atoms with Gasteiger partial charge in [-0.1, -0.05) is 29.3 Å². The largest absolute Gasteiger partial charge is 0.361 e. The molecular formula is C22H27Cl2N7. The highest BCUT2D eigenvalue weighted by Gasteiger charge is 2.35. The molecule has 0 radical (unpaired) electrons. The van der Waals surface area contributed by atoms with Gasteiger partial charge >= 0.3 is 0 Å². The van der Waals surface area contributed by atoms with Gasteiger partial charge in [0.05, 0.1) is 12.2 Å². The number of aromatic nitrogens is 4. The van der Waals surface area contributed by atoms with Crippen LogP contribution in [0, 0.1) is 11.8 Å². The molecule has 4 heterocycles. The number of halogens is 2. The van der Waals surface area contributed by atoms with Gasteiger partial charge in [-0.05, 0) is 62.4 Å². The van der Waals surface area contributed by atoms with E-state index in [-0.39, 0.29) is 6.04 Å². The zero-order chi connectivity index (χ0) is 21.5. The highest BCUT2D eigenvalue weighted by atomic mass is 35.5. The van der Waals surface area contributed by atoms with E-state index in [1.54, 1.807) is 10.7 Å². The van der Waals surface area contributed by atoms with Crippen LogP contribution in [0.2, 0.25) is 10.0 Å². The number of hydrogen-bond acceptors (Lipinski definition) is 6. The lowest BCUT2D eigenvalue weighted by Crippen LogP contribution is -2.53. The van der Waals surface area contributed by atoms with Crippen LogP contribution in [0.15, 0.2) is 24.4 Å². The van der Waals surface area contributed by atoms with Crippen molar-refractivity contribution < 1.29 is 0 Å². The van der Waals surface area contributed by atoms with Gasteiger partial charge in [-0.3, -0.25) is 4.68 Å². The van der Waals surface area contributed by atoms with Crippen molar-refractivity contribution in [3.63, 3.8) is 0 Å². The fraction of sp³-hybridized carbons (Fsp3) is 0.500. The summed E-state index contributed by atoms with van der Waals surface area (Å²) in [6.07, 6.45) is 4.53. The Labute approximate surface area is 192 Å². The number of piperidine rings is 1. The maximum Gasteiger partial charge on any atom is 0.228 e. The van der Waals surface area contributed by atoms with Crippen LogP contribution in [0.4, 0.5) is 11.8 Å². The summed E-state index contributed by atoms with van der Waals surface area (Å²) in [4.78, 5) is 11.9. The number of aryl methyl sites for hydroxylation is 1. The monoisotopic (exact) mass is 459 g/mol. The lowest BCUT2D eigenvalue weighted by Gasteiger charge is -2.44. The molecule has 7 nitrogen and oxygen atoms in total. The molecule has 0 unspecified atom stereocenters. The molecule has 2 aliphatic heterocycles. The fourth-order valence-electron chi connectivity index (χ4n) is 4.64. The third kappa shape index (κ3) is 4.19. The van der Waals surface area contributed by atoms with Crippen LogP contribution in [-0.4, -0.2) is 45.9 Å². The topological polar surface area (TPSA) is 70.9 Å². The number of anilines is 2. The van der Waals surface area contributed by atoms with Gasteiger partial charge in [-0.15, -0.1) is 0 Å². The van der Waals surface area contributed by atoms with Crippen molar-refractivity contribution in [3.8, 4) is 0 Å². The number of rotatable bonds is 5. The molecule has 2 aromatic heterocycles. The minimum Gasteiger partial charge on any atom is -0.361 e. The molecule has 3 aromatic rings. The predicted molar refractivity (Wildman–Crippen MR) is 126 cm³/mol. The first-order valence-electron chi connectivity index (χ1n) is 10.9. The van der Waals surface area contributed by atoms with Crippen LogP contribution in [0.5, 0.6) is 0 Å². The molecule has 1 aromatic carbocycles. The summed E-state index contributed by atoms with van der Waals surface area (Å²) in [6, 6.07) is 5.50. The van der Waals surface area contributed by atoms with E-state index in [0.717, 1.165) is 60.5 Å². The zero-order valence-electron chi connectivity index (χ0n) is 17.8. The molecular weight excluding hydrogens is 433 g/mol. The van der Waals surface area contributed by atoms with Crippen molar-refractivity contribution >= 4 is 46.0 Å². The van der Waals surface area contributed by atoms with Crippen LogP contribution in [0.1, 0.15) is 31.4 Å². The van der Waals surface area contributed by atoms with Gasteiger partial charge in [0, 0.05) is 30.2 Å². The molecule has 2 saturated heterocycles. The van der Waals surface area contributed by atoms with E-state index < -0.39 is 0 Å². The standard InChI is InChI=1S/C22H27Cl2N7/c1-13(17-6-5-16(23)8-18(17)24)26-21-20-19(12-30(2)29-20)27-22(28-21)31-10-15(11-31)14-4-3-7-25-9-14/h5-6,8,12-15,25H,3-4,7,9-11H2,1-2H3,(H,26,27,28)/t13-,14+/m1/s1. The second kappa shape index (κ2) is 8.45.